The summed E-state index contributed by atoms with van der Waals surface area (Å²) in [7, 11) is 0. The van der Waals surface area contributed by atoms with Crippen LogP contribution in [0.4, 0.5) is 5.95 Å². The number of nitrogens with zero attached hydrogens (tertiary/aromatic N) is 3. The Morgan fingerprint density at radius 3 is 2.53 bits per heavy atom. The van der Waals surface area contributed by atoms with E-state index in [0.29, 0.717) is 18.9 Å². The van der Waals surface area contributed by atoms with Crippen molar-refractivity contribution >= 4 is 11.9 Å². The van der Waals surface area contributed by atoms with Gasteiger partial charge in [-0.3, -0.25) is 0 Å². The van der Waals surface area contributed by atoms with E-state index in [1.54, 1.807) is 11.8 Å². The summed E-state index contributed by atoms with van der Waals surface area (Å²) in [5, 5.41) is 9.35. The molecule has 1 fully saturated rings. The molecule has 2 rings (SSSR count). The average molecular weight is 235 g/mol. The van der Waals surface area contributed by atoms with Gasteiger partial charge < -0.3 is 10.0 Å². The van der Waals surface area contributed by atoms with Crippen LogP contribution in [0.25, 0.3) is 0 Å². The average Bonchev–Trinajstić information content (AvgIpc) is 2.60. The van der Waals surface area contributed by atoms with Crippen molar-refractivity contribution in [2.45, 2.75) is 39.2 Å². The topological polar surface area (TPSA) is 66.3 Å². The summed E-state index contributed by atoms with van der Waals surface area (Å²) in [6, 6.07) is 1.89. The van der Waals surface area contributed by atoms with Gasteiger partial charge in [0.2, 0.25) is 5.95 Å². The molecule has 5 nitrogen and oxygen atoms in total. The van der Waals surface area contributed by atoms with E-state index in [-0.39, 0.29) is 0 Å². The predicted molar refractivity (Wildman–Crippen MR) is 64.1 cm³/mol. The van der Waals surface area contributed by atoms with Gasteiger partial charge in [-0.05, 0) is 39.7 Å². The molecule has 0 radical (unpaired) electrons. The molecule has 1 unspecified atom stereocenters. The Labute approximate surface area is 100 Å². The number of carboxylic acid groups (broad SMARTS) is 1. The maximum Gasteiger partial charge on any atom is 0.329 e. The molecule has 92 valence electrons. The number of rotatable bonds is 2. The molecule has 1 N–H and O–H groups in total. The van der Waals surface area contributed by atoms with E-state index in [9.17, 15) is 9.90 Å². The maximum absolute atomic E-state index is 11.4. The molecular weight excluding hydrogens is 218 g/mol. The fourth-order valence-corrected chi connectivity index (χ4v) is 2.33. The van der Waals surface area contributed by atoms with Crippen LogP contribution in [0.15, 0.2) is 6.07 Å². The van der Waals surface area contributed by atoms with Crippen molar-refractivity contribution < 1.29 is 9.90 Å². The van der Waals surface area contributed by atoms with Crippen LogP contribution in [0.3, 0.4) is 0 Å². The summed E-state index contributed by atoms with van der Waals surface area (Å²) < 4.78 is 0. The second-order valence-electron chi connectivity index (χ2n) is 4.78. The third-order valence-electron chi connectivity index (χ3n) is 3.31. The predicted octanol–water partition coefficient (Wildman–Crippen LogP) is 1.54. The van der Waals surface area contributed by atoms with E-state index in [1.807, 2.05) is 19.9 Å². The van der Waals surface area contributed by atoms with Crippen LogP contribution in [0.5, 0.6) is 0 Å². The van der Waals surface area contributed by atoms with E-state index in [4.69, 9.17) is 0 Å². The summed E-state index contributed by atoms with van der Waals surface area (Å²) in [6.07, 6.45) is 1.50. The molecule has 0 saturated carbocycles. The maximum atomic E-state index is 11.4. The second-order valence-corrected chi connectivity index (χ2v) is 4.78. The first-order valence-corrected chi connectivity index (χ1v) is 5.77. The minimum absolute atomic E-state index is 0.532. The van der Waals surface area contributed by atoms with Crippen molar-refractivity contribution in [1.82, 2.24) is 9.97 Å². The molecule has 0 amide bonds. The van der Waals surface area contributed by atoms with Crippen LogP contribution in [-0.4, -0.2) is 33.1 Å². The summed E-state index contributed by atoms with van der Waals surface area (Å²) in [5.74, 6) is -0.275. The molecule has 1 aliphatic heterocycles. The molecule has 1 aliphatic rings. The largest absolute Gasteiger partial charge is 0.480 e. The molecule has 5 heteroatoms. The number of anilines is 1. The smallest absolute Gasteiger partial charge is 0.329 e. The Morgan fingerprint density at radius 2 is 2.00 bits per heavy atom. The number of hydrogen-bond acceptors (Lipinski definition) is 4. The summed E-state index contributed by atoms with van der Waals surface area (Å²) in [5.41, 5.74) is 0.861. The summed E-state index contributed by atoms with van der Waals surface area (Å²) in [4.78, 5) is 21.9. The van der Waals surface area contributed by atoms with Crippen molar-refractivity contribution in [3.05, 3.63) is 17.5 Å². The molecule has 2 heterocycles. The van der Waals surface area contributed by atoms with Gasteiger partial charge in [0, 0.05) is 17.9 Å². The highest BCUT2D eigenvalue weighted by molar-refractivity contribution is 5.83. The summed E-state index contributed by atoms with van der Waals surface area (Å²) in [6.45, 7) is 6.23. The zero-order valence-corrected chi connectivity index (χ0v) is 10.4. The molecule has 0 aliphatic carbocycles. The Hall–Kier alpha value is -1.65. The molecule has 17 heavy (non-hydrogen) atoms. The Bertz CT molecular complexity index is 441. The number of aliphatic carboxylic acids is 1. The minimum Gasteiger partial charge on any atom is -0.480 e. The van der Waals surface area contributed by atoms with E-state index in [1.165, 1.54) is 0 Å². The molecule has 1 saturated heterocycles. The van der Waals surface area contributed by atoms with E-state index in [2.05, 4.69) is 9.97 Å². The van der Waals surface area contributed by atoms with Gasteiger partial charge in [-0.2, -0.15) is 0 Å². The van der Waals surface area contributed by atoms with Crippen LogP contribution in [0, 0.1) is 13.8 Å². The first-order chi connectivity index (χ1) is 7.93. The van der Waals surface area contributed by atoms with Crippen LogP contribution in [0.1, 0.15) is 31.2 Å². The van der Waals surface area contributed by atoms with Crippen LogP contribution in [-0.2, 0) is 4.79 Å². The second kappa shape index (κ2) is 3.98. The monoisotopic (exact) mass is 235 g/mol. The van der Waals surface area contributed by atoms with E-state index >= 15 is 0 Å². The van der Waals surface area contributed by atoms with Crippen molar-refractivity contribution in [2.75, 3.05) is 11.4 Å². The first-order valence-electron chi connectivity index (χ1n) is 5.77. The minimum atomic E-state index is -0.875. The van der Waals surface area contributed by atoms with Gasteiger partial charge in [-0.1, -0.05) is 0 Å². The Balaban J connectivity index is 2.42. The van der Waals surface area contributed by atoms with Gasteiger partial charge in [0.25, 0.3) is 0 Å². The van der Waals surface area contributed by atoms with Crippen molar-refractivity contribution in [3.63, 3.8) is 0 Å². The molecule has 1 aromatic rings. The lowest BCUT2D eigenvalue weighted by molar-refractivity contribution is -0.142. The Kier molecular flexibility index (Phi) is 2.77. The molecule has 0 spiro atoms. The zero-order valence-electron chi connectivity index (χ0n) is 10.4. The van der Waals surface area contributed by atoms with E-state index < -0.39 is 11.5 Å². The summed E-state index contributed by atoms with van der Waals surface area (Å²) >= 11 is 0. The molecular formula is C12H17N3O2. The number of aryl methyl sites for hydroxylation is 2. The highest BCUT2D eigenvalue weighted by atomic mass is 16.4. The number of hydrogen-bond donors (Lipinski definition) is 1. The third-order valence-corrected chi connectivity index (χ3v) is 3.31. The van der Waals surface area contributed by atoms with Gasteiger partial charge in [0.05, 0.1) is 0 Å². The fourth-order valence-electron chi connectivity index (χ4n) is 2.33. The zero-order chi connectivity index (χ0) is 12.6. The Morgan fingerprint density at radius 1 is 1.41 bits per heavy atom. The van der Waals surface area contributed by atoms with Crippen molar-refractivity contribution in [1.29, 1.82) is 0 Å². The SMILES string of the molecule is Cc1cc(C)nc(N2CCCC2(C)C(=O)O)n1. The van der Waals surface area contributed by atoms with Gasteiger partial charge in [-0.25, -0.2) is 14.8 Å². The standard InChI is InChI=1S/C12H17N3O2/c1-8-7-9(2)14-11(13-8)15-6-4-5-12(15,3)10(16)17/h7H,4-6H2,1-3H3,(H,16,17). The first kappa shape index (κ1) is 11.8. The number of carboxylic acids is 1. The van der Waals surface area contributed by atoms with Gasteiger partial charge in [0.15, 0.2) is 0 Å². The van der Waals surface area contributed by atoms with Crippen LogP contribution >= 0.6 is 0 Å². The van der Waals surface area contributed by atoms with Crippen LogP contribution in [0.2, 0.25) is 0 Å². The highest BCUT2D eigenvalue weighted by Crippen LogP contribution is 2.32. The van der Waals surface area contributed by atoms with Crippen LogP contribution < -0.4 is 4.90 Å². The van der Waals surface area contributed by atoms with Gasteiger partial charge in [0.1, 0.15) is 5.54 Å². The molecule has 0 bridgehead atoms. The number of carbonyl (C=O) groups is 1. The molecule has 0 aromatic carbocycles. The third kappa shape index (κ3) is 1.97. The fraction of sp³-hybridized carbons (Fsp3) is 0.583. The highest BCUT2D eigenvalue weighted by Gasteiger charge is 2.44. The normalized spacial score (nSPS) is 24.1. The number of aromatic nitrogens is 2. The van der Waals surface area contributed by atoms with Gasteiger partial charge in [-0.15, -0.1) is 0 Å². The quantitative estimate of drug-likeness (QED) is 0.842. The van der Waals surface area contributed by atoms with Crippen molar-refractivity contribution in [2.24, 2.45) is 0 Å². The lowest BCUT2D eigenvalue weighted by Gasteiger charge is -2.31. The lowest BCUT2D eigenvalue weighted by atomic mass is 10.00. The van der Waals surface area contributed by atoms with Gasteiger partial charge >= 0.3 is 5.97 Å². The van der Waals surface area contributed by atoms with E-state index in [0.717, 1.165) is 17.8 Å². The molecule has 1 atom stereocenters. The lowest BCUT2D eigenvalue weighted by Crippen LogP contribution is -2.49. The molecule has 1 aromatic heterocycles. The van der Waals surface area contributed by atoms with Crippen molar-refractivity contribution in [3.8, 4) is 0 Å².